The zero-order valence-electron chi connectivity index (χ0n) is 6.69. The van der Waals surface area contributed by atoms with E-state index < -0.39 is 10.7 Å². The van der Waals surface area contributed by atoms with Gasteiger partial charge in [-0.2, -0.15) is 0 Å². The van der Waals surface area contributed by atoms with Crippen LogP contribution in [0.2, 0.25) is 0 Å². The van der Waals surface area contributed by atoms with Crippen LogP contribution in [0.5, 0.6) is 0 Å². The summed E-state index contributed by atoms with van der Waals surface area (Å²) < 4.78 is 21.2. The predicted octanol–water partition coefficient (Wildman–Crippen LogP) is 0.114. The molecule has 11 heavy (non-hydrogen) atoms. The molecule has 1 aliphatic carbocycles. The molecule has 1 fully saturated rings. The Balaban J connectivity index is 2.52. The number of thiol groups is 1. The third-order valence-electron chi connectivity index (χ3n) is 2.51. The van der Waals surface area contributed by atoms with E-state index in [0.29, 0.717) is 5.92 Å². The van der Waals surface area contributed by atoms with Crippen LogP contribution in [0.1, 0.15) is 26.2 Å². The quantitative estimate of drug-likeness (QED) is 0.559. The normalized spacial score (nSPS) is 39.4. The molecule has 0 heterocycles. The van der Waals surface area contributed by atoms with Gasteiger partial charge in [0.15, 0.2) is 0 Å². The maximum atomic E-state index is 10.6. The maximum absolute atomic E-state index is 10.6. The molecule has 0 bridgehead atoms. The minimum absolute atomic E-state index is 0.111. The van der Waals surface area contributed by atoms with Crippen molar-refractivity contribution in [3.05, 3.63) is 0 Å². The first-order valence-electron chi connectivity index (χ1n) is 4.00. The highest BCUT2D eigenvalue weighted by Crippen LogP contribution is 2.24. The van der Waals surface area contributed by atoms with Gasteiger partial charge in [-0.25, -0.2) is 8.42 Å². The van der Waals surface area contributed by atoms with Crippen molar-refractivity contribution in [1.29, 1.82) is 0 Å². The molecule has 66 valence electrons. The van der Waals surface area contributed by atoms with Crippen LogP contribution in [0.4, 0.5) is 0 Å². The van der Waals surface area contributed by atoms with Gasteiger partial charge < -0.3 is 5.73 Å². The lowest BCUT2D eigenvalue weighted by Gasteiger charge is -2.28. The summed E-state index contributed by atoms with van der Waals surface area (Å²) in [7, 11) is -2.22. The average Bonchev–Trinajstić information content (AvgIpc) is 1.94. The fourth-order valence-electron chi connectivity index (χ4n) is 1.58. The minimum atomic E-state index is -2.22. The Hall–Kier alpha value is -0.0900. The molecule has 1 saturated carbocycles. The molecule has 0 radical (unpaired) electrons. The van der Waals surface area contributed by atoms with E-state index in [1.807, 2.05) is 6.92 Å². The number of hydrogen-bond acceptors (Lipinski definition) is 3. The van der Waals surface area contributed by atoms with Gasteiger partial charge in [-0.1, -0.05) is 6.92 Å². The summed E-state index contributed by atoms with van der Waals surface area (Å²) >= 11 is 0. The molecule has 0 aromatic heterocycles. The summed E-state index contributed by atoms with van der Waals surface area (Å²) in [5.41, 5.74) is 5.74. The van der Waals surface area contributed by atoms with Crippen molar-refractivity contribution in [2.75, 3.05) is 0 Å². The van der Waals surface area contributed by atoms with E-state index in [9.17, 15) is 8.42 Å². The topological polar surface area (TPSA) is 60.2 Å². The van der Waals surface area contributed by atoms with Crippen molar-refractivity contribution < 1.29 is 8.42 Å². The van der Waals surface area contributed by atoms with Crippen molar-refractivity contribution >= 4 is 10.7 Å². The van der Waals surface area contributed by atoms with Crippen molar-refractivity contribution in [2.24, 2.45) is 11.7 Å². The van der Waals surface area contributed by atoms with Crippen molar-refractivity contribution in [2.45, 2.75) is 37.5 Å². The number of nitrogens with two attached hydrogens (primary N) is 1. The highest BCUT2D eigenvalue weighted by molar-refractivity contribution is 7.73. The summed E-state index contributed by atoms with van der Waals surface area (Å²) in [6.07, 6.45) is 2.36. The van der Waals surface area contributed by atoms with Gasteiger partial charge in [0.05, 0.1) is 5.25 Å². The van der Waals surface area contributed by atoms with Crippen LogP contribution in [0.15, 0.2) is 0 Å². The lowest BCUT2D eigenvalue weighted by Crippen LogP contribution is -2.36. The highest BCUT2D eigenvalue weighted by Gasteiger charge is 2.26. The molecule has 3 atom stereocenters. The molecular weight excluding hydrogens is 162 g/mol. The molecular formula is C7H15NO2S. The van der Waals surface area contributed by atoms with E-state index in [0.717, 1.165) is 19.3 Å². The van der Waals surface area contributed by atoms with E-state index in [1.165, 1.54) is 0 Å². The second kappa shape index (κ2) is 3.54. The molecule has 2 N–H and O–H groups in total. The van der Waals surface area contributed by atoms with E-state index in [-0.39, 0.29) is 11.3 Å². The molecule has 4 heteroatoms. The summed E-state index contributed by atoms with van der Waals surface area (Å²) in [5.74, 6) is 0.363. The van der Waals surface area contributed by atoms with Crippen LogP contribution in [-0.4, -0.2) is 19.7 Å². The van der Waals surface area contributed by atoms with Crippen LogP contribution in [0.25, 0.3) is 0 Å². The third kappa shape index (κ3) is 2.17. The van der Waals surface area contributed by atoms with Gasteiger partial charge in [-0.15, -0.1) is 0 Å². The maximum Gasteiger partial charge on any atom is 0.143 e. The highest BCUT2D eigenvalue weighted by atomic mass is 32.2. The zero-order valence-corrected chi connectivity index (χ0v) is 7.59. The van der Waals surface area contributed by atoms with E-state index in [1.54, 1.807) is 0 Å². The van der Waals surface area contributed by atoms with Crippen molar-refractivity contribution in [1.82, 2.24) is 0 Å². The van der Waals surface area contributed by atoms with Gasteiger partial charge in [0.1, 0.15) is 10.7 Å². The molecule has 0 spiro atoms. The smallest absolute Gasteiger partial charge is 0.143 e. The Morgan fingerprint density at radius 1 is 1.36 bits per heavy atom. The largest absolute Gasteiger partial charge is 0.327 e. The van der Waals surface area contributed by atoms with Gasteiger partial charge in [-0.3, -0.25) is 0 Å². The van der Waals surface area contributed by atoms with Gasteiger partial charge in [0.25, 0.3) is 0 Å². The molecule has 1 aliphatic rings. The first-order valence-corrected chi connectivity index (χ1v) is 5.25. The van der Waals surface area contributed by atoms with Crippen LogP contribution >= 0.6 is 0 Å². The van der Waals surface area contributed by atoms with Crippen LogP contribution in [-0.2, 0) is 10.7 Å². The van der Waals surface area contributed by atoms with E-state index in [2.05, 4.69) is 0 Å². The Kier molecular flexibility index (Phi) is 2.90. The van der Waals surface area contributed by atoms with Crippen LogP contribution in [0.3, 0.4) is 0 Å². The van der Waals surface area contributed by atoms with Crippen LogP contribution < -0.4 is 5.73 Å². The van der Waals surface area contributed by atoms with Crippen LogP contribution in [0, 0.1) is 5.92 Å². The van der Waals surface area contributed by atoms with Gasteiger partial charge in [0, 0.05) is 6.04 Å². The molecule has 3 unspecified atom stereocenters. The monoisotopic (exact) mass is 177 g/mol. The Labute approximate surface area is 68.9 Å². The molecule has 3 nitrogen and oxygen atoms in total. The fourth-order valence-corrected chi connectivity index (χ4v) is 2.45. The Morgan fingerprint density at radius 2 is 2.00 bits per heavy atom. The summed E-state index contributed by atoms with van der Waals surface area (Å²) in [6, 6.07) is 0.209. The molecule has 0 saturated heterocycles. The Morgan fingerprint density at radius 3 is 2.45 bits per heavy atom. The fraction of sp³-hybridized carbons (Fsp3) is 1.00. The summed E-state index contributed by atoms with van der Waals surface area (Å²) in [6.45, 7) is 2.02. The van der Waals surface area contributed by atoms with Gasteiger partial charge in [-0.05, 0) is 25.2 Å². The average molecular weight is 177 g/mol. The number of hydrogen-bond donors (Lipinski definition) is 2. The zero-order chi connectivity index (χ0) is 8.43. The lowest BCUT2D eigenvalue weighted by molar-refractivity contribution is 0.333. The second-order valence-corrected chi connectivity index (χ2v) is 4.69. The molecule has 0 aliphatic heterocycles. The minimum Gasteiger partial charge on any atom is -0.327 e. The molecule has 0 amide bonds. The van der Waals surface area contributed by atoms with Crippen molar-refractivity contribution in [3.8, 4) is 0 Å². The Bertz CT molecular complexity index is 195. The lowest BCUT2D eigenvalue weighted by atomic mass is 9.86. The standard InChI is InChI=1S/C7H15NO2S/c1-5-4-6(11(9)10)2-3-7(5)8/h5-7,11H,2-4,8H2,1H3. The number of rotatable bonds is 1. The van der Waals surface area contributed by atoms with Gasteiger partial charge in [0.2, 0.25) is 0 Å². The van der Waals surface area contributed by atoms with E-state index in [4.69, 9.17) is 5.73 Å². The molecule has 0 aromatic carbocycles. The first-order chi connectivity index (χ1) is 5.11. The predicted molar refractivity (Wildman–Crippen MR) is 45.1 cm³/mol. The van der Waals surface area contributed by atoms with Gasteiger partial charge >= 0.3 is 0 Å². The molecule has 0 aromatic rings. The SMILES string of the molecule is CC1CC([SH](=O)=O)CCC1N. The third-order valence-corrected chi connectivity index (χ3v) is 3.57. The second-order valence-electron chi connectivity index (χ2n) is 3.39. The summed E-state index contributed by atoms with van der Waals surface area (Å²) in [5, 5.41) is -0.111. The first kappa shape index (κ1) is 9.00. The van der Waals surface area contributed by atoms with Crippen molar-refractivity contribution in [3.63, 3.8) is 0 Å². The summed E-state index contributed by atoms with van der Waals surface area (Å²) in [4.78, 5) is 0. The molecule has 1 rings (SSSR count). The van der Waals surface area contributed by atoms with E-state index >= 15 is 0 Å².